The summed E-state index contributed by atoms with van der Waals surface area (Å²) < 4.78 is 1.80. The van der Waals surface area contributed by atoms with Gasteiger partial charge in [0.25, 0.3) is 0 Å². The van der Waals surface area contributed by atoms with Crippen LogP contribution in [0.15, 0.2) is 6.20 Å². The number of hydrogen-bond donors (Lipinski definition) is 2. The molecular formula is C9H17N5. The van der Waals surface area contributed by atoms with Gasteiger partial charge in [0.2, 0.25) is 0 Å². The van der Waals surface area contributed by atoms with Crippen LogP contribution in [0.2, 0.25) is 0 Å². The van der Waals surface area contributed by atoms with Crippen molar-refractivity contribution in [2.75, 3.05) is 31.6 Å². The molecule has 4 N–H and O–H groups in total. The van der Waals surface area contributed by atoms with Crippen LogP contribution in [0.3, 0.4) is 0 Å². The van der Waals surface area contributed by atoms with Gasteiger partial charge in [0.15, 0.2) is 0 Å². The van der Waals surface area contributed by atoms with Gasteiger partial charge >= 0.3 is 0 Å². The normalized spacial score (nSPS) is 23.1. The average molecular weight is 195 g/mol. The molecule has 5 heteroatoms. The number of hydrogen-bond acceptors (Lipinski definition) is 4. The molecule has 14 heavy (non-hydrogen) atoms. The van der Waals surface area contributed by atoms with Crippen LogP contribution in [0.25, 0.3) is 0 Å². The fourth-order valence-corrected chi connectivity index (χ4v) is 1.97. The molecule has 2 rings (SSSR count). The van der Waals surface area contributed by atoms with Gasteiger partial charge in [0.1, 0.15) is 5.82 Å². The molecule has 0 bridgehead atoms. The van der Waals surface area contributed by atoms with Crippen LogP contribution in [0.1, 0.15) is 6.42 Å². The van der Waals surface area contributed by atoms with E-state index in [-0.39, 0.29) is 0 Å². The minimum atomic E-state index is 0.580. The van der Waals surface area contributed by atoms with Crippen LogP contribution >= 0.6 is 0 Å². The van der Waals surface area contributed by atoms with Crippen LogP contribution in [0.4, 0.5) is 11.5 Å². The summed E-state index contributed by atoms with van der Waals surface area (Å²) >= 11 is 0. The van der Waals surface area contributed by atoms with Crippen LogP contribution in [-0.4, -0.2) is 34.8 Å². The molecule has 2 heterocycles. The van der Waals surface area contributed by atoms with Crippen molar-refractivity contribution in [1.29, 1.82) is 0 Å². The largest absolute Gasteiger partial charge is 0.394 e. The van der Waals surface area contributed by atoms with E-state index in [2.05, 4.69) is 17.0 Å². The lowest BCUT2D eigenvalue weighted by atomic mass is 10.1. The summed E-state index contributed by atoms with van der Waals surface area (Å²) in [6.45, 7) is 3.17. The molecule has 0 aromatic carbocycles. The summed E-state index contributed by atoms with van der Waals surface area (Å²) in [5.74, 6) is 1.25. The molecule has 1 aromatic rings. The fraction of sp³-hybridized carbons (Fsp3) is 0.667. The minimum Gasteiger partial charge on any atom is -0.394 e. The molecule has 1 aliphatic heterocycles. The highest BCUT2D eigenvalue weighted by molar-refractivity contribution is 5.56. The first kappa shape index (κ1) is 9.33. The maximum Gasteiger partial charge on any atom is 0.145 e. The number of nitrogens with zero attached hydrogens (tertiary/aromatic N) is 3. The lowest BCUT2D eigenvalue weighted by Crippen LogP contribution is -2.18. The zero-order chi connectivity index (χ0) is 10.1. The fourth-order valence-electron chi connectivity index (χ4n) is 1.97. The summed E-state index contributed by atoms with van der Waals surface area (Å²) in [7, 11) is 2.14. The minimum absolute atomic E-state index is 0.580. The summed E-state index contributed by atoms with van der Waals surface area (Å²) in [4.78, 5) is 2.33. The smallest absolute Gasteiger partial charge is 0.145 e. The molecule has 1 unspecified atom stereocenters. The molecule has 0 spiro atoms. The Morgan fingerprint density at radius 2 is 2.36 bits per heavy atom. The third-order valence-electron chi connectivity index (χ3n) is 2.83. The number of nitrogen functional groups attached to an aromatic ring is 2. The Bertz CT molecular complexity index is 319. The van der Waals surface area contributed by atoms with Crippen molar-refractivity contribution in [1.82, 2.24) is 14.7 Å². The number of rotatable bonds is 2. The molecule has 78 valence electrons. The van der Waals surface area contributed by atoms with Crippen LogP contribution in [0.5, 0.6) is 0 Å². The number of anilines is 2. The predicted molar refractivity (Wildman–Crippen MR) is 56.7 cm³/mol. The first-order valence-electron chi connectivity index (χ1n) is 4.92. The molecular weight excluding hydrogens is 178 g/mol. The zero-order valence-corrected chi connectivity index (χ0v) is 8.48. The average Bonchev–Trinajstić information content (AvgIpc) is 2.67. The predicted octanol–water partition coefficient (Wildman–Crippen LogP) is -0.000800. The molecule has 0 amide bonds. The summed E-state index contributed by atoms with van der Waals surface area (Å²) in [6.07, 6.45) is 2.84. The number of likely N-dealkylation sites (tertiary alicyclic amines) is 1. The van der Waals surface area contributed by atoms with E-state index in [0.717, 1.165) is 13.1 Å². The van der Waals surface area contributed by atoms with Crippen molar-refractivity contribution < 1.29 is 0 Å². The second-order valence-corrected chi connectivity index (χ2v) is 4.08. The third kappa shape index (κ3) is 1.68. The van der Waals surface area contributed by atoms with E-state index < -0.39 is 0 Å². The van der Waals surface area contributed by atoms with Crippen molar-refractivity contribution in [3.8, 4) is 0 Å². The van der Waals surface area contributed by atoms with E-state index in [1.54, 1.807) is 10.9 Å². The highest BCUT2D eigenvalue weighted by Crippen LogP contribution is 2.19. The zero-order valence-electron chi connectivity index (χ0n) is 8.48. The van der Waals surface area contributed by atoms with Crippen molar-refractivity contribution >= 4 is 11.5 Å². The molecule has 0 saturated carbocycles. The first-order valence-corrected chi connectivity index (χ1v) is 4.92. The molecule has 0 radical (unpaired) electrons. The molecule has 1 saturated heterocycles. The van der Waals surface area contributed by atoms with E-state index in [0.29, 0.717) is 17.4 Å². The first-order chi connectivity index (χ1) is 6.66. The van der Waals surface area contributed by atoms with Crippen molar-refractivity contribution in [3.63, 3.8) is 0 Å². The van der Waals surface area contributed by atoms with Crippen molar-refractivity contribution in [3.05, 3.63) is 6.20 Å². The van der Waals surface area contributed by atoms with Gasteiger partial charge < -0.3 is 16.4 Å². The second-order valence-electron chi connectivity index (χ2n) is 4.08. The Kier molecular flexibility index (Phi) is 2.33. The molecule has 1 aromatic heterocycles. The van der Waals surface area contributed by atoms with E-state index in [1.807, 2.05) is 0 Å². The standard InChI is InChI=1S/C9H17N5/c1-13-3-2-7(5-13)6-14-9(11)8(10)4-12-14/h4,7H,2-3,5-6,10-11H2,1H3. The molecule has 1 atom stereocenters. The Labute approximate surface area is 83.7 Å². The number of aromatic nitrogens is 2. The van der Waals surface area contributed by atoms with Gasteiger partial charge in [0.05, 0.1) is 11.9 Å². The van der Waals surface area contributed by atoms with Gasteiger partial charge in [-0.1, -0.05) is 0 Å². The molecule has 0 aliphatic carbocycles. The molecule has 1 fully saturated rings. The Morgan fingerprint density at radius 3 is 2.86 bits per heavy atom. The summed E-state index contributed by atoms with van der Waals surface area (Å²) in [5.41, 5.74) is 12.0. The SMILES string of the molecule is CN1CCC(Cn2ncc(N)c2N)C1. The topological polar surface area (TPSA) is 73.1 Å². The summed E-state index contributed by atoms with van der Waals surface area (Å²) in [6, 6.07) is 0. The van der Waals surface area contributed by atoms with E-state index in [1.165, 1.54) is 13.0 Å². The van der Waals surface area contributed by atoms with Crippen LogP contribution in [-0.2, 0) is 6.54 Å². The quantitative estimate of drug-likeness (QED) is 0.696. The maximum absolute atomic E-state index is 5.78. The van der Waals surface area contributed by atoms with Gasteiger partial charge in [-0.05, 0) is 25.9 Å². The van der Waals surface area contributed by atoms with Gasteiger partial charge in [-0.3, -0.25) is 0 Å². The lowest BCUT2D eigenvalue weighted by molar-refractivity contribution is 0.371. The van der Waals surface area contributed by atoms with Crippen LogP contribution in [0, 0.1) is 5.92 Å². The van der Waals surface area contributed by atoms with E-state index in [9.17, 15) is 0 Å². The highest BCUT2D eigenvalue weighted by Gasteiger charge is 2.20. The monoisotopic (exact) mass is 195 g/mol. The Morgan fingerprint density at radius 1 is 1.57 bits per heavy atom. The Balaban J connectivity index is 2.01. The van der Waals surface area contributed by atoms with Gasteiger partial charge in [-0.2, -0.15) is 5.10 Å². The highest BCUT2D eigenvalue weighted by atomic mass is 15.3. The van der Waals surface area contributed by atoms with Crippen LogP contribution < -0.4 is 11.5 Å². The summed E-state index contributed by atoms with van der Waals surface area (Å²) in [5, 5.41) is 4.15. The lowest BCUT2D eigenvalue weighted by Gasteiger charge is -2.11. The maximum atomic E-state index is 5.78. The third-order valence-corrected chi connectivity index (χ3v) is 2.83. The van der Waals surface area contributed by atoms with Gasteiger partial charge in [0, 0.05) is 13.1 Å². The second kappa shape index (κ2) is 3.49. The molecule has 5 nitrogen and oxygen atoms in total. The van der Waals surface area contributed by atoms with Gasteiger partial charge in [-0.15, -0.1) is 0 Å². The van der Waals surface area contributed by atoms with Gasteiger partial charge in [-0.25, -0.2) is 4.68 Å². The molecule has 1 aliphatic rings. The number of nitrogens with two attached hydrogens (primary N) is 2. The van der Waals surface area contributed by atoms with Crippen molar-refractivity contribution in [2.24, 2.45) is 5.92 Å². The van der Waals surface area contributed by atoms with E-state index >= 15 is 0 Å². The van der Waals surface area contributed by atoms with E-state index in [4.69, 9.17) is 11.5 Å². The van der Waals surface area contributed by atoms with Crippen molar-refractivity contribution in [2.45, 2.75) is 13.0 Å². The Hall–Kier alpha value is -1.23.